The summed E-state index contributed by atoms with van der Waals surface area (Å²) in [5.41, 5.74) is 7.84. The second-order valence-corrected chi connectivity index (χ2v) is 3.46. The molecule has 1 aliphatic carbocycles. The molecular formula is C11H15N. The second-order valence-electron chi connectivity index (χ2n) is 3.46. The summed E-state index contributed by atoms with van der Waals surface area (Å²) in [4.78, 5) is 0. The fourth-order valence-corrected chi connectivity index (χ4v) is 1.22. The van der Waals surface area contributed by atoms with Crippen LogP contribution in [0.25, 0.3) is 0 Å². The van der Waals surface area contributed by atoms with E-state index < -0.39 is 0 Å². The summed E-state index contributed by atoms with van der Waals surface area (Å²) >= 11 is 0. The molecule has 0 atom stereocenters. The van der Waals surface area contributed by atoms with Crippen molar-refractivity contribution in [1.82, 2.24) is 0 Å². The Labute approximate surface area is 74.0 Å². The van der Waals surface area contributed by atoms with Crippen molar-refractivity contribution < 1.29 is 0 Å². The maximum absolute atomic E-state index is 5.90. The quantitative estimate of drug-likeness (QED) is 0.628. The lowest BCUT2D eigenvalue weighted by atomic mass is 9.81. The summed E-state index contributed by atoms with van der Waals surface area (Å²) < 4.78 is 0. The molecule has 0 fully saturated rings. The van der Waals surface area contributed by atoms with Crippen molar-refractivity contribution in [2.45, 2.75) is 13.8 Å². The van der Waals surface area contributed by atoms with E-state index in [-0.39, 0.29) is 5.41 Å². The van der Waals surface area contributed by atoms with E-state index in [0.717, 1.165) is 11.3 Å². The van der Waals surface area contributed by atoms with Gasteiger partial charge in [0.1, 0.15) is 0 Å². The number of rotatable bonds is 1. The number of hydrogen-bond donors (Lipinski definition) is 1. The maximum Gasteiger partial charge on any atom is 0.0291 e. The molecule has 1 rings (SSSR count). The van der Waals surface area contributed by atoms with Gasteiger partial charge in [-0.3, -0.25) is 0 Å². The average molecular weight is 161 g/mol. The van der Waals surface area contributed by atoms with Crippen molar-refractivity contribution >= 4 is 0 Å². The Kier molecular flexibility index (Phi) is 2.22. The highest BCUT2D eigenvalue weighted by atomic mass is 14.6. The predicted molar refractivity (Wildman–Crippen MR) is 53.5 cm³/mol. The summed E-state index contributed by atoms with van der Waals surface area (Å²) in [6, 6.07) is 0. The van der Waals surface area contributed by atoms with Gasteiger partial charge in [0.15, 0.2) is 0 Å². The Bertz CT molecular complexity index is 277. The molecule has 0 aliphatic heterocycles. The minimum absolute atomic E-state index is 0.0920. The Hall–Kier alpha value is -1.24. The van der Waals surface area contributed by atoms with Crippen molar-refractivity contribution in [3.8, 4) is 0 Å². The van der Waals surface area contributed by atoms with Crippen LogP contribution in [0.3, 0.4) is 0 Å². The van der Waals surface area contributed by atoms with Gasteiger partial charge in [0.05, 0.1) is 0 Å². The lowest BCUT2D eigenvalue weighted by molar-refractivity contribution is 0.546. The molecule has 64 valence electrons. The van der Waals surface area contributed by atoms with E-state index in [1.807, 2.05) is 30.4 Å². The molecule has 0 amide bonds. The zero-order chi connectivity index (χ0) is 9.19. The first-order valence-corrected chi connectivity index (χ1v) is 4.06. The van der Waals surface area contributed by atoms with Crippen LogP contribution in [-0.2, 0) is 0 Å². The molecule has 0 heterocycles. The Balaban J connectivity index is 3.17. The molecule has 1 heteroatoms. The van der Waals surface area contributed by atoms with Crippen LogP contribution in [0.2, 0.25) is 0 Å². The summed E-state index contributed by atoms with van der Waals surface area (Å²) in [5.74, 6) is 0. The molecule has 0 radical (unpaired) electrons. The van der Waals surface area contributed by atoms with Gasteiger partial charge >= 0.3 is 0 Å². The van der Waals surface area contributed by atoms with Gasteiger partial charge in [-0.1, -0.05) is 44.7 Å². The third-order valence-electron chi connectivity index (χ3n) is 2.33. The lowest BCUT2D eigenvalue weighted by Gasteiger charge is -2.25. The Morgan fingerprint density at radius 3 is 2.50 bits per heavy atom. The van der Waals surface area contributed by atoms with Gasteiger partial charge in [-0.15, -0.1) is 0 Å². The minimum atomic E-state index is -0.0920. The normalized spacial score (nSPS) is 20.8. The molecule has 0 aromatic rings. The first-order valence-electron chi connectivity index (χ1n) is 4.06. The predicted octanol–water partition coefficient (Wildman–Crippen LogP) is 2.54. The van der Waals surface area contributed by atoms with E-state index in [2.05, 4.69) is 20.4 Å². The molecule has 12 heavy (non-hydrogen) atoms. The highest BCUT2D eigenvalue weighted by Crippen LogP contribution is 2.33. The largest absolute Gasteiger partial charge is 0.401 e. The van der Waals surface area contributed by atoms with Crippen LogP contribution in [0.15, 0.2) is 48.2 Å². The van der Waals surface area contributed by atoms with Gasteiger partial charge in [-0.05, 0) is 11.6 Å². The monoisotopic (exact) mass is 161 g/mol. The highest BCUT2D eigenvalue weighted by Gasteiger charge is 2.24. The molecular weight excluding hydrogens is 146 g/mol. The van der Waals surface area contributed by atoms with Crippen LogP contribution in [0.5, 0.6) is 0 Å². The number of allylic oxidation sites excluding steroid dienone is 6. The number of nitrogens with two attached hydrogens (primary N) is 1. The molecule has 0 spiro atoms. The summed E-state index contributed by atoms with van der Waals surface area (Å²) in [7, 11) is 0. The fourth-order valence-electron chi connectivity index (χ4n) is 1.22. The van der Waals surface area contributed by atoms with Crippen LogP contribution >= 0.6 is 0 Å². The second kappa shape index (κ2) is 3.02. The van der Waals surface area contributed by atoms with Crippen LogP contribution in [0, 0.1) is 5.41 Å². The van der Waals surface area contributed by atoms with Crippen molar-refractivity contribution in [1.29, 1.82) is 0 Å². The van der Waals surface area contributed by atoms with Crippen molar-refractivity contribution in [2.75, 3.05) is 0 Å². The van der Waals surface area contributed by atoms with Crippen LogP contribution in [-0.4, -0.2) is 0 Å². The molecule has 0 bridgehead atoms. The van der Waals surface area contributed by atoms with Gasteiger partial charge in [-0.25, -0.2) is 0 Å². The van der Waals surface area contributed by atoms with Crippen molar-refractivity contribution in [3.05, 3.63) is 48.2 Å². The standard InChI is InChI=1S/C11H15N/c1-4-9-7-5-6-8-10(12)11(9,2)3/h4-8H,1,12H2,2-3H3. The van der Waals surface area contributed by atoms with Gasteiger partial charge in [0.25, 0.3) is 0 Å². The molecule has 1 aliphatic rings. The highest BCUT2D eigenvalue weighted by molar-refractivity contribution is 5.39. The Morgan fingerprint density at radius 1 is 1.33 bits per heavy atom. The van der Waals surface area contributed by atoms with Gasteiger partial charge in [0.2, 0.25) is 0 Å². The summed E-state index contributed by atoms with van der Waals surface area (Å²) in [5, 5.41) is 0. The summed E-state index contributed by atoms with van der Waals surface area (Å²) in [6.07, 6.45) is 9.78. The molecule has 1 nitrogen and oxygen atoms in total. The topological polar surface area (TPSA) is 26.0 Å². The molecule has 0 saturated carbocycles. The average Bonchev–Trinajstić information content (AvgIpc) is 2.13. The molecule has 2 N–H and O–H groups in total. The third-order valence-corrected chi connectivity index (χ3v) is 2.33. The van der Waals surface area contributed by atoms with Crippen molar-refractivity contribution in [2.24, 2.45) is 11.1 Å². The SMILES string of the molecule is C=CC1=CC=CC=C(N)C1(C)C. The zero-order valence-electron chi connectivity index (χ0n) is 7.67. The van der Waals surface area contributed by atoms with Crippen LogP contribution < -0.4 is 5.73 Å². The van der Waals surface area contributed by atoms with Gasteiger partial charge in [0, 0.05) is 11.1 Å². The molecule has 0 aromatic heterocycles. The molecule has 0 saturated heterocycles. The fraction of sp³-hybridized carbons (Fsp3) is 0.273. The molecule has 0 aromatic carbocycles. The van der Waals surface area contributed by atoms with Crippen LogP contribution in [0.1, 0.15) is 13.8 Å². The van der Waals surface area contributed by atoms with Gasteiger partial charge < -0.3 is 5.73 Å². The van der Waals surface area contributed by atoms with E-state index in [0.29, 0.717) is 0 Å². The summed E-state index contributed by atoms with van der Waals surface area (Å²) in [6.45, 7) is 7.96. The van der Waals surface area contributed by atoms with E-state index >= 15 is 0 Å². The first kappa shape index (κ1) is 8.85. The lowest BCUT2D eigenvalue weighted by Crippen LogP contribution is -2.22. The zero-order valence-corrected chi connectivity index (χ0v) is 7.67. The van der Waals surface area contributed by atoms with E-state index in [1.165, 1.54) is 0 Å². The smallest absolute Gasteiger partial charge is 0.0291 e. The minimum Gasteiger partial charge on any atom is -0.401 e. The number of hydrogen-bond acceptors (Lipinski definition) is 1. The van der Waals surface area contributed by atoms with Gasteiger partial charge in [-0.2, -0.15) is 0 Å². The maximum atomic E-state index is 5.90. The van der Waals surface area contributed by atoms with Crippen molar-refractivity contribution in [3.63, 3.8) is 0 Å². The molecule has 0 unspecified atom stereocenters. The van der Waals surface area contributed by atoms with E-state index in [9.17, 15) is 0 Å². The third kappa shape index (κ3) is 1.35. The van der Waals surface area contributed by atoms with E-state index in [4.69, 9.17) is 5.73 Å². The first-order chi connectivity index (χ1) is 5.59. The van der Waals surface area contributed by atoms with Crippen LogP contribution in [0.4, 0.5) is 0 Å². The van der Waals surface area contributed by atoms with E-state index in [1.54, 1.807) is 0 Å². The Morgan fingerprint density at radius 2 is 1.92 bits per heavy atom.